The highest BCUT2D eigenvalue weighted by molar-refractivity contribution is 5.79. The molecular formula is C13H13FO4. The van der Waals surface area contributed by atoms with Gasteiger partial charge in [-0.15, -0.1) is 0 Å². The lowest BCUT2D eigenvalue weighted by Gasteiger charge is -2.11. The van der Waals surface area contributed by atoms with Crippen LogP contribution in [-0.2, 0) is 0 Å². The molecule has 1 aromatic carbocycles. The molecule has 0 fully saturated rings. The molecule has 1 heterocycles. The third-order valence-electron chi connectivity index (χ3n) is 2.45. The Kier molecular flexibility index (Phi) is 3.50. The van der Waals surface area contributed by atoms with Crippen LogP contribution in [0.5, 0.6) is 11.5 Å². The summed E-state index contributed by atoms with van der Waals surface area (Å²) in [4.78, 5) is 11.5. The van der Waals surface area contributed by atoms with Crippen molar-refractivity contribution in [2.75, 3.05) is 13.8 Å². The predicted octanol–water partition coefficient (Wildman–Crippen LogP) is 2.54. The van der Waals surface area contributed by atoms with Crippen LogP contribution in [0.4, 0.5) is 4.39 Å². The fraction of sp³-hybridized carbons (Fsp3) is 0.308. The van der Waals surface area contributed by atoms with Gasteiger partial charge in [-0.1, -0.05) is 0 Å². The summed E-state index contributed by atoms with van der Waals surface area (Å²) in [5.74, 6) is 0.606. The third-order valence-corrected chi connectivity index (χ3v) is 2.45. The van der Waals surface area contributed by atoms with Crippen molar-refractivity contribution in [3.63, 3.8) is 0 Å². The fourth-order valence-corrected chi connectivity index (χ4v) is 1.55. The molecule has 0 saturated heterocycles. The van der Waals surface area contributed by atoms with Crippen molar-refractivity contribution in [1.82, 2.24) is 0 Å². The monoisotopic (exact) mass is 252 g/mol. The van der Waals surface area contributed by atoms with Gasteiger partial charge in [0.25, 0.3) is 0 Å². The van der Waals surface area contributed by atoms with Crippen LogP contribution in [0, 0.1) is 0 Å². The summed E-state index contributed by atoms with van der Waals surface area (Å²) in [6, 6.07) is 6.56. The molecule has 1 aromatic heterocycles. The SMILES string of the molecule is COc1cc2ccc(OC(C)CF)cc2oc1=O. The second kappa shape index (κ2) is 5.08. The van der Waals surface area contributed by atoms with Gasteiger partial charge in [0, 0.05) is 11.5 Å². The number of ether oxygens (including phenoxy) is 2. The van der Waals surface area contributed by atoms with Crippen LogP contribution in [0.15, 0.2) is 33.5 Å². The van der Waals surface area contributed by atoms with E-state index in [1.807, 2.05) is 0 Å². The number of methoxy groups -OCH3 is 1. The molecule has 0 aliphatic rings. The van der Waals surface area contributed by atoms with Crippen LogP contribution in [0.3, 0.4) is 0 Å². The van der Waals surface area contributed by atoms with Gasteiger partial charge < -0.3 is 13.9 Å². The van der Waals surface area contributed by atoms with Crippen molar-refractivity contribution in [3.8, 4) is 11.5 Å². The van der Waals surface area contributed by atoms with E-state index in [1.54, 1.807) is 31.2 Å². The maximum atomic E-state index is 12.3. The number of fused-ring (bicyclic) bond motifs is 1. The van der Waals surface area contributed by atoms with Gasteiger partial charge in [-0.2, -0.15) is 0 Å². The molecule has 1 atom stereocenters. The summed E-state index contributed by atoms with van der Waals surface area (Å²) in [5, 5.41) is 0.715. The summed E-state index contributed by atoms with van der Waals surface area (Å²) < 4.78 is 27.6. The summed E-state index contributed by atoms with van der Waals surface area (Å²) in [5.41, 5.74) is -0.176. The number of alkyl halides is 1. The fourth-order valence-electron chi connectivity index (χ4n) is 1.55. The van der Waals surface area contributed by atoms with E-state index in [-0.39, 0.29) is 5.75 Å². The second-order valence-corrected chi connectivity index (χ2v) is 3.88. The van der Waals surface area contributed by atoms with E-state index >= 15 is 0 Å². The minimum Gasteiger partial charge on any atom is -0.490 e. The Morgan fingerprint density at radius 2 is 2.17 bits per heavy atom. The van der Waals surface area contributed by atoms with Gasteiger partial charge in [-0.05, 0) is 25.1 Å². The van der Waals surface area contributed by atoms with Gasteiger partial charge in [0.1, 0.15) is 24.1 Å². The first-order valence-electron chi connectivity index (χ1n) is 5.48. The maximum absolute atomic E-state index is 12.3. The van der Waals surface area contributed by atoms with Crippen molar-refractivity contribution < 1.29 is 18.3 Å². The topological polar surface area (TPSA) is 48.7 Å². The van der Waals surface area contributed by atoms with Crippen molar-refractivity contribution in [2.24, 2.45) is 0 Å². The molecule has 0 N–H and O–H groups in total. The number of benzene rings is 1. The van der Waals surface area contributed by atoms with Gasteiger partial charge >= 0.3 is 5.63 Å². The van der Waals surface area contributed by atoms with Crippen LogP contribution in [0.1, 0.15) is 6.92 Å². The number of hydrogen-bond acceptors (Lipinski definition) is 4. The maximum Gasteiger partial charge on any atom is 0.379 e. The lowest BCUT2D eigenvalue weighted by Crippen LogP contribution is -2.13. The lowest BCUT2D eigenvalue weighted by atomic mass is 10.2. The second-order valence-electron chi connectivity index (χ2n) is 3.88. The third kappa shape index (κ3) is 2.45. The minimum atomic E-state index is -0.579. The zero-order valence-corrected chi connectivity index (χ0v) is 10.1. The smallest absolute Gasteiger partial charge is 0.379 e. The summed E-state index contributed by atoms with van der Waals surface area (Å²) in [7, 11) is 1.40. The molecule has 4 nitrogen and oxygen atoms in total. The van der Waals surface area contributed by atoms with Crippen molar-refractivity contribution in [1.29, 1.82) is 0 Å². The first-order valence-corrected chi connectivity index (χ1v) is 5.48. The zero-order valence-electron chi connectivity index (χ0n) is 10.1. The summed E-state index contributed by atoms with van der Waals surface area (Å²) in [6.07, 6.45) is -0.535. The van der Waals surface area contributed by atoms with Gasteiger partial charge in [0.05, 0.1) is 7.11 Å². The molecule has 2 rings (SSSR count). The quantitative estimate of drug-likeness (QED) is 0.784. The van der Waals surface area contributed by atoms with E-state index in [0.717, 1.165) is 0 Å². The van der Waals surface area contributed by atoms with Gasteiger partial charge in [-0.3, -0.25) is 0 Å². The molecule has 0 radical (unpaired) electrons. The molecule has 2 aromatic rings. The Balaban J connectivity index is 2.42. The van der Waals surface area contributed by atoms with E-state index in [9.17, 15) is 9.18 Å². The van der Waals surface area contributed by atoms with Gasteiger partial charge in [0.15, 0.2) is 0 Å². The first-order chi connectivity index (χ1) is 8.63. The van der Waals surface area contributed by atoms with Crippen molar-refractivity contribution >= 4 is 11.0 Å². The highest BCUT2D eigenvalue weighted by Gasteiger charge is 2.08. The van der Waals surface area contributed by atoms with E-state index in [4.69, 9.17) is 13.9 Å². The van der Waals surface area contributed by atoms with Crippen LogP contribution in [0.25, 0.3) is 11.0 Å². The van der Waals surface area contributed by atoms with Gasteiger partial charge in [0.2, 0.25) is 5.75 Å². The van der Waals surface area contributed by atoms with E-state index in [0.29, 0.717) is 16.7 Å². The minimum absolute atomic E-state index is 0.147. The normalized spacial score (nSPS) is 12.4. The number of halogens is 1. The molecule has 96 valence electrons. The van der Waals surface area contributed by atoms with Crippen LogP contribution >= 0.6 is 0 Å². The average Bonchev–Trinajstić information content (AvgIpc) is 2.37. The summed E-state index contributed by atoms with van der Waals surface area (Å²) >= 11 is 0. The summed E-state index contributed by atoms with van der Waals surface area (Å²) in [6.45, 7) is 1.04. The standard InChI is InChI=1S/C13H13FO4/c1-8(7-14)17-10-4-3-9-5-12(16-2)13(15)18-11(9)6-10/h3-6,8H,7H2,1-2H3. The Hall–Kier alpha value is -2.04. The largest absolute Gasteiger partial charge is 0.490 e. The molecule has 0 aliphatic heterocycles. The molecule has 5 heteroatoms. The molecule has 0 spiro atoms. The molecule has 0 saturated carbocycles. The lowest BCUT2D eigenvalue weighted by molar-refractivity contribution is 0.182. The van der Waals surface area contributed by atoms with Crippen molar-refractivity contribution in [2.45, 2.75) is 13.0 Å². The molecular weight excluding hydrogens is 239 g/mol. The first kappa shape index (κ1) is 12.4. The van der Waals surface area contributed by atoms with Crippen LogP contribution in [0.2, 0.25) is 0 Å². The Labute approximate surface area is 103 Å². The van der Waals surface area contributed by atoms with Crippen molar-refractivity contribution in [3.05, 3.63) is 34.7 Å². The molecule has 1 unspecified atom stereocenters. The van der Waals surface area contributed by atoms with E-state index in [2.05, 4.69) is 0 Å². The highest BCUT2D eigenvalue weighted by Crippen LogP contribution is 2.23. The Morgan fingerprint density at radius 3 is 2.83 bits per heavy atom. The highest BCUT2D eigenvalue weighted by atomic mass is 19.1. The number of hydrogen-bond donors (Lipinski definition) is 0. The van der Waals surface area contributed by atoms with Gasteiger partial charge in [-0.25, -0.2) is 9.18 Å². The van der Waals surface area contributed by atoms with E-state index < -0.39 is 18.4 Å². The molecule has 0 bridgehead atoms. The van der Waals surface area contributed by atoms with Crippen LogP contribution in [-0.4, -0.2) is 19.9 Å². The van der Waals surface area contributed by atoms with Crippen LogP contribution < -0.4 is 15.1 Å². The molecule has 18 heavy (non-hydrogen) atoms. The Morgan fingerprint density at radius 1 is 1.39 bits per heavy atom. The molecule has 0 aliphatic carbocycles. The average molecular weight is 252 g/mol. The van der Waals surface area contributed by atoms with E-state index in [1.165, 1.54) is 7.11 Å². The number of rotatable bonds is 4. The Bertz CT molecular complexity index is 605. The molecule has 0 amide bonds. The predicted molar refractivity (Wildman–Crippen MR) is 65.1 cm³/mol. The zero-order chi connectivity index (χ0) is 13.1.